The minimum atomic E-state index is 0.556. The van der Waals surface area contributed by atoms with Crippen molar-refractivity contribution < 1.29 is 8.83 Å². The maximum Gasteiger partial charge on any atom is 0.164 e. The fourth-order valence-corrected chi connectivity index (χ4v) is 15.3. The van der Waals surface area contributed by atoms with Gasteiger partial charge in [0.1, 0.15) is 22.3 Å². The Morgan fingerprint density at radius 1 is 0.319 bits per heavy atom. The molecule has 6 heterocycles. The Labute approximate surface area is 549 Å². The Bertz CT molecular complexity index is 6310. The van der Waals surface area contributed by atoms with Crippen LogP contribution in [0.25, 0.3) is 182 Å². The summed E-state index contributed by atoms with van der Waals surface area (Å²) in [6, 6.07) is 98.0. The van der Waals surface area contributed by atoms with E-state index in [0.29, 0.717) is 41.4 Å². The molecule has 0 unspecified atom stereocenters. The van der Waals surface area contributed by atoms with Crippen LogP contribution in [0.15, 0.2) is 292 Å². The van der Waals surface area contributed by atoms with Crippen LogP contribution in [0, 0.1) is 0 Å². The van der Waals surface area contributed by atoms with E-state index in [4.69, 9.17) is 38.7 Å². The molecule has 0 radical (unpaired) electrons. The van der Waals surface area contributed by atoms with Gasteiger partial charge >= 0.3 is 0 Å². The normalized spacial score (nSPS) is 11.9. The highest BCUT2D eigenvalue weighted by molar-refractivity contribution is 9.10. The van der Waals surface area contributed by atoms with Gasteiger partial charge in [0.15, 0.2) is 34.9 Å². The summed E-state index contributed by atoms with van der Waals surface area (Å²) in [5, 5.41) is 11.3. The molecule has 0 N–H and O–H groups in total. The van der Waals surface area contributed by atoms with Crippen molar-refractivity contribution in [3.8, 4) is 85.1 Å². The molecule has 94 heavy (non-hydrogen) atoms. The third kappa shape index (κ3) is 9.10. The first-order chi connectivity index (χ1) is 46.4. The fourth-order valence-electron chi connectivity index (χ4n) is 13.8. The monoisotopic (exact) mass is 1290 g/mol. The topological polar surface area (TPSA) is 109 Å². The fraction of sp³-hybridized carbons (Fsp3) is 0.0120. The van der Waals surface area contributed by atoms with Crippen molar-refractivity contribution in [1.29, 1.82) is 0 Å². The van der Waals surface area contributed by atoms with Crippen molar-refractivity contribution >= 4 is 124 Å². The Kier molecular flexibility index (Phi) is 12.5. The Balaban J connectivity index is 0.750. The van der Waals surface area contributed by atoms with Crippen LogP contribution < -0.4 is 0 Å². The number of para-hydroxylation sites is 2. The van der Waals surface area contributed by atoms with Crippen molar-refractivity contribution in [1.82, 2.24) is 34.5 Å². The van der Waals surface area contributed by atoms with E-state index in [1.54, 1.807) is 0 Å². The lowest BCUT2D eigenvalue weighted by Gasteiger charge is -2.15. The van der Waals surface area contributed by atoms with Gasteiger partial charge in [-0.15, -0.1) is 11.3 Å². The van der Waals surface area contributed by atoms with Gasteiger partial charge in [0.05, 0.1) is 11.0 Å². The quantitative estimate of drug-likeness (QED) is 0.133. The van der Waals surface area contributed by atoms with Gasteiger partial charge in [-0.2, -0.15) is 0 Å². The molecule has 0 aliphatic carbocycles. The molecule has 6 aromatic heterocycles. The third-order valence-electron chi connectivity index (χ3n) is 18.2. The van der Waals surface area contributed by atoms with E-state index in [2.05, 4.69) is 190 Å². The average molecular weight is 1290 g/mol. The lowest BCUT2D eigenvalue weighted by molar-refractivity contribution is 0.668. The molecule has 0 aliphatic heterocycles. The van der Waals surface area contributed by atoms with Crippen molar-refractivity contribution in [3.63, 3.8) is 0 Å². The second kappa shape index (κ2) is 21.7. The molecule has 9 nitrogen and oxygen atoms in total. The first-order valence-electron chi connectivity index (χ1n) is 31.2. The second-order valence-electron chi connectivity index (χ2n) is 23.9. The zero-order chi connectivity index (χ0) is 62.0. The van der Waals surface area contributed by atoms with E-state index in [1.807, 2.05) is 121 Å². The van der Waals surface area contributed by atoms with E-state index in [0.717, 1.165) is 131 Å². The predicted molar refractivity (Wildman–Crippen MR) is 388 cm³/mol. The Morgan fingerprint density at radius 2 is 0.840 bits per heavy atom. The van der Waals surface area contributed by atoms with Crippen LogP contribution in [0.5, 0.6) is 0 Å². The predicted octanol–water partition coefficient (Wildman–Crippen LogP) is 22.5. The molecule has 0 saturated carbocycles. The molecule has 440 valence electrons. The van der Waals surface area contributed by atoms with Crippen LogP contribution in [-0.2, 0) is 6.42 Å². The molecule has 0 spiro atoms. The molecular formula is C83H48BrN7O2S. The standard InChI is InChI=1S/C83H48BrN7O2S/c84-58-22-11-20-54(43-58)80-85-78(49-15-3-1-4-16-49)87-83(89-80)57-34-39-67-72(47-57)93-70-29-13-19-53(75(67)70)42-48-31-36-61-51(41-48)32-38-66-65-27-14-26-60(52-35-40-74-68(45-52)64-25-8-10-30-73(64)94-74)76(65)91(77(61)66)59-23-12-21-55(44-59)81-86-79(50-17-5-2-6-18-50)88-82(90-81)56-33-37-63-62-24-7-9-28-69(62)92-71(63)46-56/h1-41,43-47H,42H2. The van der Waals surface area contributed by atoms with Gasteiger partial charge in [0, 0.05) is 107 Å². The van der Waals surface area contributed by atoms with Crippen molar-refractivity contribution in [3.05, 3.63) is 295 Å². The van der Waals surface area contributed by atoms with Gasteiger partial charge in [-0.05, 0) is 107 Å². The zero-order valence-electron chi connectivity index (χ0n) is 50.0. The SMILES string of the molecule is Brc1cccc(-c2nc(-c3ccccc3)nc(-c3ccc4c(c3)oc3cccc(Cc5ccc6c(ccc7c8cccc(-c9ccc%10sc%11ccccc%11c%10c9)c8n(-c8cccc(-c9nc(-c%10ccccc%10)nc(-c%10ccc%11c(c%10)oc%10ccccc%10%11)n9)c8)c67)c5)c34)n2)c1. The van der Waals surface area contributed by atoms with Gasteiger partial charge in [-0.25, -0.2) is 29.9 Å². The summed E-state index contributed by atoms with van der Waals surface area (Å²) in [7, 11) is 0. The Morgan fingerprint density at radius 3 is 1.59 bits per heavy atom. The van der Waals surface area contributed by atoms with Crippen LogP contribution >= 0.6 is 27.3 Å². The van der Waals surface area contributed by atoms with Gasteiger partial charge in [0.25, 0.3) is 0 Å². The number of nitrogens with zero attached hydrogens (tertiary/aromatic N) is 7. The summed E-state index contributed by atoms with van der Waals surface area (Å²) in [6.07, 6.45) is 0.686. The molecule has 13 aromatic carbocycles. The lowest BCUT2D eigenvalue weighted by Crippen LogP contribution is -2.01. The smallest absolute Gasteiger partial charge is 0.164 e. The summed E-state index contributed by atoms with van der Waals surface area (Å²) in [4.78, 5) is 30.7. The number of fused-ring (bicyclic) bond motifs is 14. The van der Waals surface area contributed by atoms with Crippen LogP contribution in [0.3, 0.4) is 0 Å². The van der Waals surface area contributed by atoms with Gasteiger partial charge in [-0.1, -0.05) is 216 Å². The molecule has 0 amide bonds. The summed E-state index contributed by atoms with van der Waals surface area (Å²) >= 11 is 5.49. The molecule has 11 heteroatoms. The minimum absolute atomic E-state index is 0.556. The molecule has 0 atom stereocenters. The summed E-state index contributed by atoms with van der Waals surface area (Å²) < 4.78 is 19.1. The average Bonchev–Trinajstić information content (AvgIpc) is 1.56. The molecule has 0 bridgehead atoms. The first kappa shape index (κ1) is 54.0. The number of hydrogen-bond acceptors (Lipinski definition) is 9. The summed E-state index contributed by atoms with van der Waals surface area (Å²) in [6.45, 7) is 0. The van der Waals surface area contributed by atoms with Crippen LogP contribution in [-0.4, -0.2) is 34.5 Å². The highest BCUT2D eigenvalue weighted by atomic mass is 79.9. The summed E-state index contributed by atoms with van der Waals surface area (Å²) in [5.41, 5.74) is 16.3. The number of thiophene rings is 1. The summed E-state index contributed by atoms with van der Waals surface area (Å²) in [5.74, 6) is 3.46. The van der Waals surface area contributed by atoms with E-state index >= 15 is 0 Å². The Hall–Kier alpha value is -11.8. The number of benzene rings is 13. The third-order valence-corrected chi connectivity index (χ3v) is 19.8. The molecule has 0 aliphatic rings. The number of aromatic nitrogens is 7. The zero-order valence-corrected chi connectivity index (χ0v) is 52.4. The second-order valence-corrected chi connectivity index (χ2v) is 25.9. The lowest BCUT2D eigenvalue weighted by atomic mass is 9.96. The molecule has 0 fully saturated rings. The molecule has 19 rings (SSSR count). The van der Waals surface area contributed by atoms with Crippen molar-refractivity contribution in [2.45, 2.75) is 6.42 Å². The van der Waals surface area contributed by atoms with Crippen molar-refractivity contribution in [2.75, 3.05) is 0 Å². The van der Waals surface area contributed by atoms with Gasteiger partial charge in [-0.3, -0.25) is 0 Å². The van der Waals surface area contributed by atoms with Crippen LogP contribution in [0.1, 0.15) is 11.1 Å². The number of furan rings is 2. The maximum absolute atomic E-state index is 6.74. The van der Waals surface area contributed by atoms with Crippen LogP contribution in [0.4, 0.5) is 0 Å². The maximum atomic E-state index is 6.74. The minimum Gasteiger partial charge on any atom is -0.456 e. The largest absolute Gasteiger partial charge is 0.456 e. The molecule has 0 saturated heterocycles. The molecule has 19 aromatic rings. The highest BCUT2D eigenvalue weighted by Crippen LogP contribution is 2.45. The van der Waals surface area contributed by atoms with E-state index in [-0.39, 0.29) is 0 Å². The highest BCUT2D eigenvalue weighted by Gasteiger charge is 2.23. The number of hydrogen-bond donors (Lipinski definition) is 0. The van der Waals surface area contributed by atoms with Crippen molar-refractivity contribution in [2.24, 2.45) is 0 Å². The van der Waals surface area contributed by atoms with Crippen LogP contribution in [0.2, 0.25) is 0 Å². The van der Waals surface area contributed by atoms with E-state index in [9.17, 15) is 0 Å². The number of halogens is 1. The van der Waals surface area contributed by atoms with E-state index in [1.165, 1.54) is 31.3 Å². The van der Waals surface area contributed by atoms with Gasteiger partial charge in [0.2, 0.25) is 0 Å². The number of rotatable bonds is 10. The first-order valence-corrected chi connectivity index (χ1v) is 32.8. The molecular weight excluding hydrogens is 1240 g/mol. The van der Waals surface area contributed by atoms with E-state index < -0.39 is 0 Å². The van der Waals surface area contributed by atoms with Gasteiger partial charge < -0.3 is 13.4 Å².